The minimum atomic E-state index is -1.41. The van der Waals surface area contributed by atoms with Gasteiger partial charge in [-0.05, 0) is 57.9 Å². The number of phenols is 1. The number of aryl methyl sites for hydroxylation is 1. The number of primary amides is 1. The van der Waals surface area contributed by atoms with Crippen molar-refractivity contribution in [1.82, 2.24) is 15.5 Å². The van der Waals surface area contributed by atoms with E-state index < -0.39 is 53.9 Å². The monoisotopic (exact) mass is 508 g/mol. The Morgan fingerprint density at radius 1 is 1.17 bits per heavy atom. The van der Waals surface area contributed by atoms with E-state index in [0.717, 1.165) is 4.90 Å². The molecule has 2 atom stereocenters. The number of esters is 1. The molecule has 1 rings (SSSR count). The zero-order chi connectivity index (χ0) is 27.6. The Bertz CT molecular complexity index is 973. The SMILES string of the molecule is CCOC(=O)CCNC(=O)C(c1ccc(O)c(C)c1)N(C)C(=O)C(CC(N)=O)NC(=O)OC(C)(C)C. The van der Waals surface area contributed by atoms with Crippen molar-refractivity contribution in [3.63, 3.8) is 0 Å². The molecule has 2 unspecified atom stereocenters. The van der Waals surface area contributed by atoms with E-state index in [-0.39, 0.29) is 25.3 Å². The highest BCUT2D eigenvalue weighted by Crippen LogP contribution is 2.26. The van der Waals surface area contributed by atoms with Gasteiger partial charge in [-0.25, -0.2) is 4.79 Å². The Kier molecular flexibility index (Phi) is 11.2. The molecule has 1 aromatic rings. The summed E-state index contributed by atoms with van der Waals surface area (Å²) in [6, 6.07) is 1.73. The van der Waals surface area contributed by atoms with Gasteiger partial charge in [-0.15, -0.1) is 0 Å². The minimum absolute atomic E-state index is 0.00704. The number of hydrogen-bond acceptors (Lipinski definition) is 8. The summed E-state index contributed by atoms with van der Waals surface area (Å²) in [5, 5.41) is 14.8. The number of aromatic hydroxyl groups is 1. The van der Waals surface area contributed by atoms with Crippen molar-refractivity contribution in [1.29, 1.82) is 0 Å². The maximum Gasteiger partial charge on any atom is 0.408 e. The second-order valence-corrected chi connectivity index (χ2v) is 9.11. The van der Waals surface area contributed by atoms with Crippen LogP contribution in [0.1, 0.15) is 57.7 Å². The van der Waals surface area contributed by atoms with Crippen LogP contribution in [0.2, 0.25) is 0 Å². The van der Waals surface area contributed by atoms with Crippen LogP contribution in [0.3, 0.4) is 0 Å². The molecule has 0 heterocycles. The third-order valence-corrected chi connectivity index (χ3v) is 4.85. The van der Waals surface area contributed by atoms with Crippen LogP contribution in [-0.2, 0) is 28.7 Å². The van der Waals surface area contributed by atoms with Gasteiger partial charge in [0.15, 0.2) is 0 Å². The van der Waals surface area contributed by atoms with E-state index in [1.807, 2.05) is 0 Å². The van der Waals surface area contributed by atoms with E-state index in [1.54, 1.807) is 34.6 Å². The van der Waals surface area contributed by atoms with Crippen LogP contribution in [0.25, 0.3) is 0 Å². The number of nitrogens with zero attached hydrogens (tertiary/aromatic N) is 1. The van der Waals surface area contributed by atoms with Crippen LogP contribution in [0.4, 0.5) is 4.79 Å². The van der Waals surface area contributed by atoms with E-state index in [9.17, 15) is 29.1 Å². The number of carbonyl (C=O) groups excluding carboxylic acids is 5. The predicted octanol–water partition coefficient (Wildman–Crippen LogP) is 1.04. The van der Waals surface area contributed by atoms with E-state index in [2.05, 4.69) is 10.6 Å². The van der Waals surface area contributed by atoms with Crippen molar-refractivity contribution in [2.24, 2.45) is 5.73 Å². The number of amides is 4. The summed E-state index contributed by atoms with van der Waals surface area (Å²) in [7, 11) is 1.32. The Morgan fingerprint density at radius 2 is 1.81 bits per heavy atom. The molecule has 0 aliphatic rings. The molecule has 4 amide bonds. The normalized spacial score (nSPS) is 12.6. The molecule has 0 fully saturated rings. The number of hydrogen-bond donors (Lipinski definition) is 4. The fraction of sp³-hybridized carbons (Fsp3) is 0.542. The van der Waals surface area contributed by atoms with Crippen molar-refractivity contribution >= 4 is 29.8 Å². The lowest BCUT2D eigenvalue weighted by atomic mass is 10.0. The van der Waals surface area contributed by atoms with Crippen LogP contribution in [-0.4, -0.2) is 71.6 Å². The van der Waals surface area contributed by atoms with Gasteiger partial charge in [0.25, 0.3) is 0 Å². The summed E-state index contributed by atoms with van der Waals surface area (Å²) < 4.78 is 10.0. The average Bonchev–Trinajstić information content (AvgIpc) is 2.73. The van der Waals surface area contributed by atoms with E-state index in [1.165, 1.54) is 25.2 Å². The third kappa shape index (κ3) is 9.80. The predicted molar refractivity (Wildman–Crippen MR) is 130 cm³/mol. The van der Waals surface area contributed by atoms with Gasteiger partial charge in [0.2, 0.25) is 17.7 Å². The number of nitrogens with two attached hydrogens (primary N) is 1. The van der Waals surface area contributed by atoms with Crippen molar-refractivity contribution in [3.05, 3.63) is 29.3 Å². The van der Waals surface area contributed by atoms with Gasteiger partial charge in [-0.3, -0.25) is 19.2 Å². The number of rotatable bonds is 11. The maximum atomic E-state index is 13.4. The molecule has 0 saturated heterocycles. The van der Waals surface area contributed by atoms with Crippen molar-refractivity contribution < 1.29 is 38.6 Å². The molecule has 0 aliphatic carbocycles. The van der Waals surface area contributed by atoms with Gasteiger partial charge < -0.3 is 35.8 Å². The summed E-state index contributed by atoms with van der Waals surface area (Å²) in [6.45, 7) is 8.33. The number of phenolic OH excluding ortho intramolecular Hbond substituents is 1. The molecule has 0 saturated carbocycles. The molecular weight excluding hydrogens is 472 g/mol. The number of alkyl carbamates (subject to hydrolysis) is 1. The van der Waals surface area contributed by atoms with Gasteiger partial charge in [-0.1, -0.05) is 6.07 Å². The van der Waals surface area contributed by atoms with Gasteiger partial charge in [0.05, 0.1) is 19.4 Å². The molecule has 200 valence electrons. The standard InChI is InChI=1S/C24H36N4O8/c1-7-35-19(31)10-11-26-21(32)20(15-8-9-17(29)14(2)12-15)28(6)22(33)16(13-18(25)30)27-23(34)36-24(3,4)5/h8-9,12,16,20,29H,7,10-11,13H2,1-6H3,(H2,25,30)(H,26,32)(H,27,34). The second kappa shape index (κ2) is 13.3. The van der Waals surface area contributed by atoms with Gasteiger partial charge >= 0.3 is 12.1 Å². The lowest BCUT2D eigenvalue weighted by Gasteiger charge is -2.31. The zero-order valence-corrected chi connectivity index (χ0v) is 21.5. The molecule has 36 heavy (non-hydrogen) atoms. The Balaban J connectivity index is 3.24. The number of benzene rings is 1. The molecule has 0 radical (unpaired) electrons. The van der Waals surface area contributed by atoms with Crippen LogP contribution >= 0.6 is 0 Å². The number of likely N-dealkylation sites (N-methyl/N-ethyl adjacent to an activating group) is 1. The zero-order valence-electron chi connectivity index (χ0n) is 21.5. The van der Waals surface area contributed by atoms with E-state index in [0.29, 0.717) is 11.1 Å². The molecule has 1 aromatic carbocycles. The van der Waals surface area contributed by atoms with Crippen LogP contribution < -0.4 is 16.4 Å². The highest BCUT2D eigenvalue weighted by atomic mass is 16.6. The highest BCUT2D eigenvalue weighted by molar-refractivity contribution is 5.94. The first-order chi connectivity index (χ1) is 16.7. The molecule has 12 nitrogen and oxygen atoms in total. The lowest BCUT2D eigenvalue weighted by molar-refractivity contribution is -0.143. The molecular formula is C24H36N4O8. The quantitative estimate of drug-likeness (QED) is 0.320. The summed E-state index contributed by atoms with van der Waals surface area (Å²) in [6.07, 6.45) is -1.55. The van der Waals surface area contributed by atoms with Crippen molar-refractivity contribution in [2.45, 2.75) is 65.1 Å². The van der Waals surface area contributed by atoms with Crippen molar-refractivity contribution in [2.75, 3.05) is 20.2 Å². The van der Waals surface area contributed by atoms with Crippen LogP contribution in [0.15, 0.2) is 18.2 Å². The molecule has 12 heteroatoms. The number of nitrogens with one attached hydrogen (secondary N) is 2. The largest absolute Gasteiger partial charge is 0.508 e. The first-order valence-corrected chi connectivity index (χ1v) is 11.4. The smallest absolute Gasteiger partial charge is 0.408 e. The fourth-order valence-electron chi connectivity index (χ4n) is 3.24. The van der Waals surface area contributed by atoms with Gasteiger partial charge in [-0.2, -0.15) is 0 Å². The third-order valence-electron chi connectivity index (χ3n) is 4.85. The van der Waals surface area contributed by atoms with Crippen LogP contribution in [0.5, 0.6) is 5.75 Å². The van der Waals surface area contributed by atoms with Crippen LogP contribution in [0, 0.1) is 6.92 Å². The number of ether oxygens (including phenoxy) is 2. The molecule has 0 aromatic heterocycles. The molecule has 0 bridgehead atoms. The average molecular weight is 509 g/mol. The molecule has 5 N–H and O–H groups in total. The van der Waals surface area contributed by atoms with E-state index >= 15 is 0 Å². The first kappa shape index (κ1) is 30.2. The Labute approximate surface area is 210 Å². The molecule has 0 aliphatic heterocycles. The summed E-state index contributed by atoms with van der Waals surface area (Å²) in [4.78, 5) is 63.1. The first-order valence-electron chi connectivity index (χ1n) is 11.4. The van der Waals surface area contributed by atoms with E-state index in [4.69, 9.17) is 15.2 Å². The van der Waals surface area contributed by atoms with Gasteiger partial charge in [0.1, 0.15) is 23.4 Å². The fourth-order valence-corrected chi connectivity index (χ4v) is 3.24. The molecule has 0 spiro atoms. The van der Waals surface area contributed by atoms with Gasteiger partial charge in [0, 0.05) is 13.6 Å². The minimum Gasteiger partial charge on any atom is -0.508 e. The number of carbonyl (C=O) groups is 5. The summed E-state index contributed by atoms with van der Waals surface area (Å²) >= 11 is 0. The highest BCUT2D eigenvalue weighted by Gasteiger charge is 2.35. The van der Waals surface area contributed by atoms with Crippen molar-refractivity contribution in [3.8, 4) is 5.75 Å². The second-order valence-electron chi connectivity index (χ2n) is 9.11. The summed E-state index contributed by atoms with van der Waals surface area (Å²) in [5.74, 6) is -2.77. The summed E-state index contributed by atoms with van der Waals surface area (Å²) in [5.41, 5.74) is 5.23. The Hall–Kier alpha value is -3.83. The Morgan fingerprint density at radius 3 is 2.33 bits per heavy atom. The topological polar surface area (TPSA) is 177 Å². The maximum absolute atomic E-state index is 13.4. The lowest BCUT2D eigenvalue weighted by Crippen LogP contribution is -2.52.